The lowest BCUT2D eigenvalue weighted by Gasteiger charge is -2.38. The second-order valence-electron chi connectivity index (χ2n) is 9.86. The average molecular weight is 469 g/mol. The van der Waals surface area contributed by atoms with Crippen LogP contribution in [0.2, 0.25) is 0 Å². The number of hydrogen-bond donors (Lipinski definition) is 3. The number of benzene rings is 1. The van der Waals surface area contributed by atoms with Crippen molar-refractivity contribution >= 4 is 22.5 Å². The van der Waals surface area contributed by atoms with Crippen molar-refractivity contribution in [3.63, 3.8) is 0 Å². The van der Waals surface area contributed by atoms with E-state index in [1.54, 1.807) is 12.4 Å². The molecular formula is C28H32N6O. The fourth-order valence-corrected chi connectivity index (χ4v) is 5.40. The number of H-pyrrole nitrogens is 1. The maximum Gasteiger partial charge on any atom is 0.245 e. The summed E-state index contributed by atoms with van der Waals surface area (Å²) >= 11 is 0. The molecule has 7 heteroatoms. The molecule has 1 aliphatic rings. The van der Waals surface area contributed by atoms with Gasteiger partial charge in [0.2, 0.25) is 5.91 Å². The van der Waals surface area contributed by atoms with Crippen LogP contribution in [0.4, 0.5) is 5.69 Å². The number of pyridine rings is 1. The number of fused-ring (bicyclic) bond motifs is 1. The number of nitrogens with zero attached hydrogens (tertiary/aromatic N) is 3. The Balaban J connectivity index is 1.42. The van der Waals surface area contributed by atoms with Crippen molar-refractivity contribution in [2.75, 3.05) is 11.9 Å². The summed E-state index contributed by atoms with van der Waals surface area (Å²) in [4.78, 5) is 30.2. The SMILES string of the molecule is C[C@@](Cc1c[nH]c2ccccc12)(Nc1cncnc1)C(=O)NCC1(c2ccccn2)CCCCC1. The van der Waals surface area contributed by atoms with Gasteiger partial charge in [0.1, 0.15) is 11.9 Å². The first-order valence-electron chi connectivity index (χ1n) is 12.4. The summed E-state index contributed by atoms with van der Waals surface area (Å²) in [5, 5.41) is 7.87. The second-order valence-corrected chi connectivity index (χ2v) is 9.86. The lowest BCUT2D eigenvalue weighted by molar-refractivity contribution is -0.125. The Hall–Kier alpha value is -3.74. The Morgan fingerprint density at radius 2 is 1.83 bits per heavy atom. The summed E-state index contributed by atoms with van der Waals surface area (Å²) in [6, 6.07) is 14.3. The number of aromatic nitrogens is 4. The minimum atomic E-state index is -0.907. The van der Waals surface area contributed by atoms with Gasteiger partial charge in [0.25, 0.3) is 0 Å². The zero-order valence-corrected chi connectivity index (χ0v) is 20.1. The van der Waals surface area contributed by atoms with Crippen molar-refractivity contribution in [3.8, 4) is 0 Å². The van der Waals surface area contributed by atoms with E-state index in [2.05, 4.69) is 48.8 Å². The molecule has 1 saturated carbocycles. The highest BCUT2D eigenvalue weighted by Crippen LogP contribution is 2.38. The van der Waals surface area contributed by atoms with Crippen molar-refractivity contribution in [1.82, 2.24) is 25.3 Å². The van der Waals surface area contributed by atoms with Crippen LogP contribution in [0.1, 0.15) is 50.3 Å². The average Bonchev–Trinajstić information content (AvgIpc) is 3.31. The van der Waals surface area contributed by atoms with Crippen molar-refractivity contribution in [2.45, 2.75) is 56.4 Å². The summed E-state index contributed by atoms with van der Waals surface area (Å²) in [6.07, 6.45) is 14.8. The molecule has 1 amide bonds. The topological polar surface area (TPSA) is 95.6 Å². The molecule has 0 unspecified atom stereocenters. The van der Waals surface area contributed by atoms with Gasteiger partial charge in [-0.2, -0.15) is 0 Å². The lowest BCUT2D eigenvalue weighted by atomic mass is 9.71. The number of nitrogens with one attached hydrogen (secondary N) is 3. The first-order chi connectivity index (χ1) is 17.1. The van der Waals surface area contributed by atoms with Gasteiger partial charge in [0.15, 0.2) is 0 Å². The molecule has 3 heterocycles. The molecule has 7 nitrogen and oxygen atoms in total. The zero-order chi connectivity index (χ0) is 24.1. The molecule has 35 heavy (non-hydrogen) atoms. The molecule has 0 radical (unpaired) electrons. The van der Waals surface area contributed by atoms with Crippen LogP contribution < -0.4 is 10.6 Å². The van der Waals surface area contributed by atoms with Crippen LogP contribution >= 0.6 is 0 Å². The van der Waals surface area contributed by atoms with Gasteiger partial charge in [-0.15, -0.1) is 0 Å². The highest BCUT2D eigenvalue weighted by molar-refractivity contribution is 5.91. The highest BCUT2D eigenvalue weighted by atomic mass is 16.2. The maximum absolute atomic E-state index is 13.9. The van der Waals surface area contributed by atoms with E-state index >= 15 is 0 Å². The number of aromatic amines is 1. The van der Waals surface area contributed by atoms with Crippen molar-refractivity contribution < 1.29 is 4.79 Å². The van der Waals surface area contributed by atoms with Gasteiger partial charge >= 0.3 is 0 Å². The van der Waals surface area contributed by atoms with Crippen molar-refractivity contribution in [1.29, 1.82) is 0 Å². The molecular weight excluding hydrogens is 436 g/mol. The van der Waals surface area contributed by atoms with Gasteiger partial charge in [-0.25, -0.2) is 9.97 Å². The largest absolute Gasteiger partial charge is 0.369 e. The Kier molecular flexibility index (Phi) is 6.49. The predicted octanol–water partition coefficient (Wildman–Crippen LogP) is 4.78. The van der Waals surface area contributed by atoms with Gasteiger partial charge in [-0.1, -0.05) is 43.5 Å². The zero-order valence-electron chi connectivity index (χ0n) is 20.1. The molecule has 5 rings (SSSR count). The molecule has 0 spiro atoms. The quantitative estimate of drug-likeness (QED) is 0.346. The van der Waals surface area contributed by atoms with Gasteiger partial charge in [0, 0.05) is 47.4 Å². The minimum absolute atomic E-state index is 0.0486. The van der Waals surface area contributed by atoms with Crippen LogP contribution in [0, 0.1) is 0 Å². The Bertz CT molecular complexity index is 1270. The number of carbonyl (C=O) groups excluding carboxylic acids is 1. The number of anilines is 1. The number of para-hydroxylation sites is 1. The van der Waals surface area contributed by atoms with E-state index in [-0.39, 0.29) is 11.3 Å². The fourth-order valence-electron chi connectivity index (χ4n) is 5.40. The maximum atomic E-state index is 13.9. The van der Waals surface area contributed by atoms with E-state index < -0.39 is 5.54 Å². The highest BCUT2D eigenvalue weighted by Gasteiger charge is 2.39. The van der Waals surface area contributed by atoms with E-state index in [9.17, 15) is 4.79 Å². The van der Waals surface area contributed by atoms with Gasteiger partial charge in [0.05, 0.1) is 18.1 Å². The molecule has 3 aromatic heterocycles. The molecule has 0 saturated heterocycles. The van der Waals surface area contributed by atoms with E-state index in [4.69, 9.17) is 0 Å². The summed E-state index contributed by atoms with van der Waals surface area (Å²) in [6.45, 7) is 2.52. The molecule has 3 N–H and O–H groups in total. The predicted molar refractivity (Wildman–Crippen MR) is 138 cm³/mol. The van der Waals surface area contributed by atoms with Crippen LogP contribution in [-0.2, 0) is 16.6 Å². The molecule has 1 atom stereocenters. The fraction of sp³-hybridized carbons (Fsp3) is 0.357. The summed E-state index contributed by atoms with van der Waals surface area (Å²) in [7, 11) is 0. The molecule has 0 aliphatic heterocycles. The first kappa shape index (κ1) is 23.0. The van der Waals surface area contributed by atoms with Gasteiger partial charge < -0.3 is 15.6 Å². The smallest absolute Gasteiger partial charge is 0.245 e. The van der Waals surface area contributed by atoms with Gasteiger partial charge in [-0.05, 0) is 43.5 Å². The number of carbonyl (C=O) groups is 1. The monoisotopic (exact) mass is 468 g/mol. The summed E-state index contributed by atoms with van der Waals surface area (Å²) in [5.41, 5.74) is 2.89. The Labute approximate surface area is 205 Å². The number of hydrogen-bond acceptors (Lipinski definition) is 5. The van der Waals surface area contributed by atoms with E-state index in [1.165, 1.54) is 12.7 Å². The minimum Gasteiger partial charge on any atom is -0.369 e. The molecule has 180 valence electrons. The van der Waals surface area contributed by atoms with Crippen molar-refractivity contribution in [2.24, 2.45) is 0 Å². The van der Waals surface area contributed by atoms with Crippen LogP contribution in [-0.4, -0.2) is 37.9 Å². The third-order valence-corrected chi connectivity index (χ3v) is 7.31. The third-order valence-electron chi connectivity index (χ3n) is 7.31. The van der Waals surface area contributed by atoms with Gasteiger partial charge in [-0.3, -0.25) is 9.78 Å². The summed E-state index contributed by atoms with van der Waals surface area (Å²) < 4.78 is 0. The van der Waals surface area contributed by atoms with Crippen molar-refractivity contribution in [3.05, 3.63) is 84.8 Å². The molecule has 1 aliphatic carbocycles. The van der Waals surface area contributed by atoms with Crippen LogP contribution in [0.15, 0.2) is 73.6 Å². The summed E-state index contributed by atoms with van der Waals surface area (Å²) in [5.74, 6) is -0.0486. The molecule has 1 aromatic carbocycles. The number of amides is 1. The van der Waals surface area contributed by atoms with Crippen LogP contribution in [0.25, 0.3) is 10.9 Å². The second kappa shape index (κ2) is 9.86. The lowest BCUT2D eigenvalue weighted by Crippen LogP contribution is -2.55. The molecule has 4 aromatic rings. The Morgan fingerprint density at radius 1 is 1.06 bits per heavy atom. The van der Waals surface area contributed by atoms with Crippen LogP contribution in [0.5, 0.6) is 0 Å². The van der Waals surface area contributed by atoms with E-state index in [0.29, 0.717) is 18.7 Å². The standard InChI is InChI=1S/C28H32N6O/c1-27(34-22-17-29-20-30-18-22,15-21-16-32-24-10-4-3-9-23(21)24)26(35)33-19-28(12-6-2-7-13-28)25-11-5-8-14-31-25/h3-5,8-11,14,16-18,20,32,34H,2,6-7,12-13,15,19H2,1H3,(H,33,35)/t27-/m0/s1. The van der Waals surface area contributed by atoms with E-state index in [1.807, 2.05) is 43.6 Å². The normalized spacial score (nSPS) is 16.9. The third kappa shape index (κ3) is 4.90. The van der Waals surface area contributed by atoms with E-state index in [0.717, 1.165) is 47.8 Å². The molecule has 1 fully saturated rings. The molecule has 0 bridgehead atoms. The van der Waals surface area contributed by atoms with Crippen LogP contribution in [0.3, 0.4) is 0 Å². The number of rotatable bonds is 8. The Morgan fingerprint density at radius 3 is 2.60 bits per heavy atom. The first-order valence-corrected chi connectivity index (χ1v) is 12.4.